The van der Waals surface area contributed by atoms with Crippen molar-refractivity contribution in [1.82, 2.24) is 0 Å². The predicted molar refractivity (Wildman–Crippen MR) is 87.1 cm³/mol. The molecule has 25 heavy (non-hydrogen) atoms. The number of carbonyl (C=O) groups is 1. The number of nitrogens with zero attached hydrogens (tertiary/aromatic N) is 1. The molecule has 8 nitrogen and oxygen atoms in total. The van der Waals surface area contributed by atoms with E-state index in [0.717, 1.165) is 6.07 Å². The molecule has 0 N–H and O–H groups in total. The van der Waals surface area contributed by atoms with Crippen molar-refractivity contribution in [3.8, 4) is 11.5 Å². The van der Waals surface area contributed by atoms with Crippen molar-refractivity contribution < 1.29 is 23.6 Å². The molecular formula is C17H11NO7. The summed E-state index contributed by atoms with van der Waals surface area (Å²) in [5.74, 6) is -0.609. The summed E-state index contributed by atoms with van der Waals surface area (Å²) in [7, 11) is 1.29. The van der Waals surface area contributed by atoms with E-state index in [4.69, 9.17) is 13.9 Å². The molecule has 0 atom stereocenters. The summed E-state index contributed by atoms with van der Waals surface area (Å²) in [6, 6.07) is 11.2. The quantitative estimate of drug-likeness (QED) is 0.236. The highest BCUT2D eigenvalue weighted by atomic mass is 16.6. The molecule has 126 valence electrons. The molecule has 0 aliphatic carbocycles. The molecule has 0 spiro atoms. The van der Waals surface area contributed by atoms with E-state index in [0.29, 0.717) is 5.39 Å². The van der Waals surface area contributed by atoms with Crippen LogP contribution in [-0.4, -0.2) is 18.0 Å². The van der Waals surface area contributed by atoms with Crippen LogP contribution in [0, 0.1) is 10.1 Å². The molecule has 0 aliphatic heterocycles. The standard InChI is InChI=1S/C17H11NO7/c1-23-14-6-3-11(8-13(14)18(21)22)17(20)24-12-5-2-10-4-7-16(19)25-15(10)9-12/h2-9H,1H3. The van der Waals surface area contributed by atoms with Gasteiger partial charge in [-0.15, -0.1) is 0 Å². The van der Waals surface area contributed by atoms with Crippen LogP contribution in [-0.2, 0) is 0 Å². The Labute approximate surface area is 140 Å². The largest absolute Gasteiger partial charge is 0.490 e. The van der Waals surface area contributed by atoms with Gasteiger partial charge in [-0.3, -0.25) is 10.1 Å². The zero-order chi connectivity index (χ0) is 18.0. The van der Waals surface area contributed by atoms with Crippen molar-refractivity contribution >= 4 is 22.6 Å². The van der Waals surface area contributed by atoms with Crippen LogP contribution >= 0.6 is 0 Å². The Hall–Kier alpha value is -3.68. The normalized spacial score (nSPS) is 10.4. The maximum absolute atomic E-state index is 12.2. The molecule has 1 aromatic heterocycles. The van der Waals surface area contributed by atoms with Gasteiger partial charge >= 0.3 is 17.3 Å². The second-order valence-electron chi connectivity index (χ2n) is 4.99. The number of hydrogen-bond acceptors (Lipinski definition) is 7. The first-order chi connectivity index (χ1) is 12.0. The van der Waals surface area contributed by atoms with Crippen molar-refractivity contribution in [1.29, 1.82) is 0 Å². The average molecular weight is 341 g/mol. The van der Waals surface area contributed by atoms with Crippen LogP contribution in [0.3, 0.4) is 0 Å². The van der Waals surface area contributed by atoms with Crippen molar-refractivity contribution in [3.63, 3.8) is 0 Å². The SMILES string of the molecule is COc1ccc(C(=O)Oc2ccc3ccc(=O)oc3c2)cc1[N+](=O)[O-]. The number of benzene rings is 2. The van der Waals surface area contributed by atoms with E-state index in [-0.39, 0.29) is 28.3 Å². The lowest BCUT2D eigenvalue weighted by Gasteiger charge is -2.06. The van der Waals surface area contributed by atoms with Gasteiger partial charge in [0.25, 0.3) is 0 Å². The van der Waals surface area contributed by atoms with E-state index in [1.807, 2.05) is 0 Å². The first-order valence-corrected chi connectivity index (χ1v) is 7.06. The summed E-state index contributed by atoms with van der Waals surface area (Å²) in [6.45, 7) is 0. The topological polar surface area (TPSA) is 109 Å². The Morgan fingerprint density at radius 2 is 1.88 bits per heavy atom. The van der Waals surface area contributed by atoms with Crippen LogP contribution in [0.15, 0.2) is 57.7 Å². The number of ether oxygens (including phenoxy) is 2. The number of carbonyl (C=O) groups excluding carboxylic acids is 1. The van der Waals surface area contributed by atoms with E-state index < -0.39 is 16.5 Å². The fourth-order valence-electron chi connectivity index (χ4n) is 2.23. The highest BCUT2D eigenvalue weighted by Crippen LogP contribution is 2.28. The van der Waals surface area contributed by atoms with Gasteiger partial charge in [-0.2, -0.15) is 0 Å². The van der Waals surface area contributed by atoms with Gasteiger partial charge in [0.05, 0.1) is 17.6 Å². The zero-order valence-corrected chi connectivity index (χ0v) is 12.9. The number of nitro benzene ring substituents is 1. The van der Waals surface area contributed by atoms with E-state index in [9.17, 15) is 19.7 Å². The number of hydrogen-bond donors (Lipinski definition) is 0. The summed E-state index contributed by atoms with van der Waals surface area (Å²) >= 11 is 0. The van der Waals surface area contributed by atoms with Crippen LogP contribution in [0.5, 0.6) is 11.5 Å². The molecule has 0 saturated carbocycles. The maximum Gasteiger partial charge on any atom is 0.343 e. The Morgan fingerprint density at radius 3 is 2.60 bits per heavy atom. The molecule has 0 saturated heterocycles. The fraction of sp³-hybridized carbons (Fsp3) is 0.0588. The third kappa shape index (κ3) is 3.32. The Kier molecular flexibility index (Phi) is 4.17. The summed E-state index contributed by atoms with van der Waals surface area (Å²) < 4.78 is 15.1. The molecule has 8 heteroatoms. The van der Waals surface area contributed by atoms with E-state index >= 15 is 0 Å². The first-order valence-electron chi connectivity index (χ1n) is 7.06. The molecule has 0 unspecified atom stereocenters. The van der Waals surface area contributed by atoms with Gasteiger partial charge in [0.15, 0.2) is 5.75 Å². The van der Waals surface area contributed by atoms with Crippen molar-refractivity contribution in [2.24, 2.45) is 0 Å². The van der Waals surface area contributed by atoms with Gasteiger partial charge in [0.1, 0.15) is 11.3 Å². The summed E-state index contributed by atoms with van der Waals surface area (Å²) in [5, 5.41) is 11.7. The van der Waals surface area contributed by atoms with Crippen molar-refractivity contribution in [2.45, 2.75) is 0 Å². The molecule has 1 heterocycles. The van der Waals surface area contributed by atoms with Gasteiger partial charge in [-0.1, -0.05) is 0 Å². The zero-order valence-electron chi connectivity index (χ0n) is 12.9. The van der Waals surface area contributed by atoms with E-state index in [1.165, 1.54) is 37.4 Å². The minimum Gasteiger partial charge on any atom is -0.490 e. The second-order valence-corrected chi connectivity index (χ2v) is 4.99. The van der Waals surface area contributed by atoms with Crippen LogP contribution < -0.4 is 15.1 Å². The molecule has 0 radical (unpaired) electrons. The molecule has 0 amide bonds. The smallest absolute Gasteiger partial charge is 0.343 e. The van der Waals surface area contributed by atoms with Gasteiger partial charge in [0.2, 0.25) is 0 Å². The Morgan fingerprint density at radius 1 is 1.12 bits per heavy atom. The number of nitro groups is 1. The highest BCUT2D eigenvalue weighted by molar-refractivity contribution is 5.92. The van der Waals surface area contributed by atoms with Crippen molar-refractivity contribution in [2.75, 3.05) is 7.11 Å². The highest BCUT2D eigenvalue weighted by Gasteiger charge is 2.19. The fourth-order valence-corrected chi connectivity index (χ4v) is 2.23. The maximum atomic E-state index is 12.2. The molecule has 2 aromatic carbocycles. The number of fused-ring (bicyclic) bond motifs is 1. The second kappa shape index (κ2) is 6.44. The third-order valence-corrected chi connectivity index (χ3v) is 3.42. The number of esters is 1. The monoisotopic (exact) mass is 341 g/mol. The minimum absolute atomic E-state index is 0.0119. The van der Waals surface area contributed by atoms with Gasteiger partial charge in [-0.25, -0.2) is 9.59 Å². The van der Waals surface area contributed by atoms with Crippen LogP contribution in [0.2, 0.25) is 0 Å². The average Bonchev–Trinajstić information content (AvgIpc) is 2.60. The molecule has 0 fully saturated rings. The molecule has 3 rings (SSSR count). The minimum atomic E-state index is -0.789. The van der Waals surface area contributed by atoms with Crippen LogP contribution in [0.4, 0.5) is 5.69 Å². The third-order valence-electron chi connectivity index (χ3n) is 3.42. The molecular weight excluding hydrogens is 330 g/mol. The van der Waals surface area contributed by atoms with E-state index in [2.05, 4.69) is 0 Å². The lowest BCUT2D eigenvalue weighted by molar-refractivity contribution is -0.385. The predicted octanol–water partition coefficient (Wildman–Crippen LogP) is 2.93. The van der Waals surface area contributed by atoms with Crippen LogP contribution in [0.25, 0.3) is 11.0 Å². The lowest BCUT2D eigenvalue weighted by Crippen LogP contribution is -2.09. The van der Waals surface area contributed by atoms with Gasteiger partial charge < -0.3 is 13.9 Å². The van der Waals surface area contributed by atoms with Crippen molar-refractivity contribution in [3.05, 3.63) is 74.6 Å². The molecule has 0 bridgehead atoms. The Balaban J connectivity index is 1.90. The molecule has 0 aliphatic rings. The van der Waals surface area contributed by atoms with Crippen LogP contribution in [0.1, 0.15) is 10.4 Å². The summed E-state index contributed by atoms with van der Waals surface area (Å²) in [5.41, 5.74) is -0.621. The number of methoxy groups -OCH3 is 1. The molecule has 3 aromatic rings. The summed E-state index contributed by atoms with van der Waals surface area (Å²) in [6.07, 6.45) is 0. The van der Waals surface area contributed by atoms with Gasteiger partial charge in [0, 0.05) is 23.6 Å². The van der Waals surface area contributed by atoms with E-state index in [1.54, 1.807) is 12.1 Å². The number of rotatable bonds is 4. The first kappa shape index (κ1) is 16.2. The summed E-state index contributed by atoms with van der Waals surface area (Å²) in [4.78, 5) is 33.8. The van der Waals surface area contributed by atoms with Gasteiger partial charge in [-0.05, 0) is 30.3 Å². The Bertz CT molecular complexity index is 1040. The lowest BCUT2D eigenvalue weighted by atomic mass is 10.2.